The van der Waals surface area contributed by atoms with Crippen LogP contribution in [0.4, 0.5) is 0 Å². The summed E-state index contributed by atoms with van der Waals surface area (Å²) in [5.41, 5.74) is -0.178. The van der Waals surface area contributed by atoms with Gasteiger partial charge in [0.15, 0.2) is 21.2 Å². The number of amides is 2. The summed E-state index contributed by atoms with van der Waals surface area (Å²) in [6.07, 6.45) is 0.243. The van der Waals surface area contributed by atoms with E-state index in [0.29, 0.717) is 11.5 Å². The first kappa shape index (κ1) is 17.0. The summed E-state index contributed by atoms with van der Waals surface area (Å²) in [6.45, 7) is 3.69. The molecule has 0 radical (unpaired) electrons. The lowest BCUT2D eigenvalue weighted by molar-refractivity contribution is -0.159. The average molecular weight is 403 g/mol. The Morgan fingerprint density at radius 3 is 2.67 bits per heavy atom. The van der Waals surface area contributed by atoms with Crippen LogP contribution in [0.1, 0.15) is 31.9 Å². The van der Waals surface area contributed by atoms with Gasteiger partial charge in [0.1, 0.15) is 0 Å². The molecule has 4 aliphatic rings. The third kappa shape index (κ3) is 1.61. The molecular weight excluding hydrogens is 386 g/mol. The van der Waals surface area contributed by atoms with Crippen LogP contribution in [0, 0.1) is 16.7 Å². The molecule has 4 unspecified atom stereocenters. The van der Waals surface area contributed by atoms with E-state index < -0.39 is 30.7 Å². The van der Waals surface area contributed by atoms with E-state index in [0.717, 1.165) is 5.56 Å². The van der Waals surface area contributed by atoms with Gasteiger partial charge in [0.05, 0.1) is 17.5 Å². The normalized spacial score (nSPS) is 41.3. The molecule has 3 fully saturated rings. The van der Waals surface area contributed by atoms with Gasteiger partial charge >= 0.3 is 0 Å². The van der Waals surface area contributed by atoms with E-state index in [1.165, 1.54) is 4.90 Å². The summed E-state index contributed by atoms with van der Waals surface area (Å²) < 4.78 is 10.8. The topological polar surface area (TPSA) is 82.9 Å². The van der Waals surface area contributed by atoms with Gasteiger partial charge in [0.25, 0.3) is 11.8 Å². The Bertz CT molecular complexity index is 1010. The molecule has 27 heavy (non-hydrogen) atoms. The number of carbonyl (C=O) groups excluding carboxylic acids is 2. The van der Waals surface area contributed by atoms with Crippen molar-refractivity contribution in [1.29, 1.82) is 5.26 Å². The number of nitrogens with zero attached hydrogens (tertiary/aromatic N) is 3. The Kier molecular flexibility index (Phi) is 3.02. The SMILES string of the molecule is CN1C(=O)C23C[C@](C)(C#N)C(c4ccc5c(c4)OCO5)N2C(=O)C1(C)S3=S. The number of rotatable bonds is 1. The van der Waals surface area contributed by atoms with Gasteiger partial charge in [-0.05, 0) is 42.7 Å². The Balaban J connectivity index is 1.73. The molecular formula is C18H17N3O4S2. The lowest BCUT2D eigenvalue weighted by Gasteiger charge is -2.39. The van der Waals surface area contributed by atoms with Crippen LogP contribution in [0.25, 0.3) is 0 Å². The number of fused-ring (bicyclic) bond motifs is 2. The summed E-state index contributed by atoms with van der Waals surface area (Å²) in [5.74, 6) is 0.875. The molecule has 1 spiro atoms. The van der Waals surface area contributed by atoms with Crippen molar-refractivity contribution in [1.82, 2.24) is 9.80 Å². The molecule has 7 nitrogen and oxygen atoms in total. The van der Waals surface area contributed by atoms with Gasteiger partial charge in [-0.25, -0.2) is 0 Å². The van der Waals surface area contributed by atoms with Crippen molar-refractivity contribution in [2.24, 2.45) is 5.41 Å². The van der Waals surface area contributed by atoms with Gasteiger partial charge in [-0.2, -0.15) is 5.26 Å². The zero-order valence-electron chi connectivity index (χ0n) is 15.0. The fourth-order valence-corrected chi connectivity index (χ4v) is 8.44. The molecule has 0 aliphatic carbocycles. The van der Waals surface area contributed by atoms with Gasteiger partial charge in [-0.1, -0.05) is 15.5 Å². The van der Waals surface area contributed by atoms with Crippen molar-refractivity contribution in [3.63, 3.8) is 0 Å². The van der Waals surface area contributed by atoms with E-state index in [4.69, 9.17) is 20.7 Å². The Hall–Kier alpha value is -2.18. The maximum Gasteiger partial charge on any atom is 0.261 e. The molecule has 5 rings (SSSR count). The zero-order valence-corrected chi connectivity index (χ0v) is 16.6. The predicted octanol–water partition coefficient (Wildman–Crippen LogP) is 1.20. The third-order valence-electron chi connectivity index (χ3n) is 6.39. The molecule has 0 N–H and O–H groups in total. The van der Waals surface area contributed by atoms with Gasteiger partial charge in [0, 0.05) is 13.5 Å². The minimum absolute atomic E-state index is 0.141. The maximum atomic E-state index is 13.5. The molecule has 2 bridgehead atoms. The van der Waals surface area contributed by atoms with Gasteiger partial charge in [-0.3, -0.25) is 9.59 Å². The van der Waals surface area contributed by atoms with Crippen LogP contribution < -0.4 is 9.47 Å². The number of benzene rings is 1. The van der Waals surface area contributed by atoms with E-state index in [9.17, 15) is 14.9 Å². The molecule has 5 atom stereocenters. The molecule has 1 aromatic carbocycles. The minimum Gasteiger partial charge on any atom is -0.454 e. The summed E-state index contributed by atoms with van der Waals surface area (Å²) in [4.78, 5) is 27.6. The van der Waals surface area contributed by atoms with Crippen LogP contribution in [-0.4, -0.2) is 45.2 Å². The minimum atomic E-state index is -1.12. The fourth-order valence-electron chi connectivity index (χ4n) is 4.92. The highest BCUT2D eigenvalue weighted by atomic mass is 32.8. The smallest absolute Gasteiger partial charge is 0.261 e. The molecule has 140 valence electrons. The number of ether oxygens (including phenoxy) is 2. The maximum absolute atomic E-state index is 13.5. The molecule has 4 aliphatic heterocycles. The van der Waals surface area contributed by atoms with Crippen molar-refractivity contribution in [3.05, 3.63) is 23.8 Å². The summed E-state index contributed by atoms with van der Waals surface area (Å²) >= 11 is 5.76. The second-order valence-electron chi connectivity index (χ2n) is 7.80. The van der Waals surface area contributed by atoms with Crippen molar-refractivity contribution in [2.75, 3.05) is 13.8 Å². The summed E-state index contributed by atoms with van der Waals surface area (Å²) in [6, 6.07) is 7.23. The van der Waals surface area contributed by atoms with E-state index in [1.54, 1.807) is 37.9 Å². The lowest BCUT2D eigenvalue weighted by atomic mass is 9.79. The van der Waals surface area contributed by atoms with Crippen LogP contribution >= 0.6 is 0 Å². The number of nitriles is 1. The van der Waals surface area contributed by atoms with E-state index in [2.05, 4.69) is 6.07 Å². The standard InChI is InChI=1S/C18H17N3O4S2/c1-16(8-19)7-18-15(23)20(3)17(2,27(18)26)14(22)21(18)13(16)10-4-5-11-12(6-10)25-9-24-11/h4-6,13H,7,9H2,1-3H3/t13?,16-,17?,18?,27?/m1/s1. The number of carbonyl (C=O) groups is 2. The number of hydrogen-bond acceptors (Lipinski definition) is 6. The number of hydrogen-bond donors (Lipinski definition) is 0. The van der Waals surface area contributed by atoms with Crippen LogP contribution in [-0.2, 0) is 30.2 Å². The van der Waals surface area contributed by atoms with Crippen LogP contribution in [0.2, 0.25) is 0 Å². The molecule has 0 saturated carbocycles. The van der Waals surface area contributed by atoms with Gasteiger partial charge < -0.3 is 19.3 Å². The van der Waals surface area contributed by atoms with Crippen molar-refractivity contribution in [3.8, 4) is 17.6 Å². The Labute approximate surface area is 163 Å². The number of piperazine rings is 1. The second-order valence-corrected chi connectivity index (χ2v) is 10.8. The van der Waals surface area contributed by atoms with Crippen molar-refractivity contribution >= 4 is 32.5 Å². The molecule has 2 amide bonds. The van der Waals surface area contributed by atoms with Crippen molar-refractivity contribution < 1.29 is 19.1 Å². The van der Waals surface area contributed by atoms with Gasteiger partial charge in [0.2, 0.25) is 6.79 Å². The Morgan fingerprint density at radius 2 is 1.96 bits per heavy atom. The van der Waals surface area contributed by atoms with E-state index >= 15 is 0 Å². The first-order chi connectivity index (χ1) is 12.7. The molecule has 9 heteroatoms. The quantitative estimate of drug-likeness (QED) is 0.701. The summed E-state index contributed by atoms with van der Waals surface area (Å²) in [7, 11) is 0.689. The van der Waals surface area contributed by atoms with Gasteiger partial charge in [-0.15, -0.1) is 0 Å². The lowest BCUT2D eigenvalue weighted by Crippen LogP contribution is -2.60. The Morgan fingerprint density at radius 1 is 1.26 bits per heavy atom. The zero-order chi connectivity index (χ0) is 19.4. The first-order valence-corrected chi connectivity index (χ1v) is 10.7. The van der Waals surface area contributed by atoms with Crippen molar-refractivity contribution in [2.45, 2.75) is 36.1 Å². The second kappa shape index (κ2) is 4.80. The highest BCUT2D eigenvalue weighted by Gasteiger charge is 2.80. The highest BCUT2D eigenvalue weighted by molar-refractivity contribution is 8.31. The van der Waals surface area contributed by atoms with E-state index in [-0.39, 0.29) is 25.0 Å². The highest BCUT2D eigenvalue weighted by Crippen LogP contribution is 2.65. The number of likely N-dealkylation sites (N-methyl/N-ethyl adjacent to an activating group) is 1. The molecule has 3 saturated heterocycles. The summed E-state index contributed by atoms with van der Waals surface area (Å²) in [5, 5.41) is 10.0. The predicted molar refractivity (Wildman–Crippen MR) is 99.1 cm³/mol. The monoisotopic (exact) mass is 403 g/mol. The molecule has 4 heterocycles. The van der Waals surface area contributed by atoms with Crippen LogP contribution in [0.15, 0.2) is 18.2 Å². The molecule has 0 aromatic heterocycles. The average Bonchev–Trinajstić information content (AvgIpc) is 3.31. The first-order valence-electron chi connectivity index (χ1n) is 8.56. The third-order valence-corrected chi connectivity index (χ3v) is 10.5. The van der Waals surface area contributed by atoms with Crippen LogP contribution in [0.5, 0.6) is 11.5 Å². The van der Waals surface area contributed by atoms with Crippen LogP contribution in [0.3, 0.4) is 0 Å². The van der Waals surface area contributed by atoms with E-state index in [1.807, 2.05) is 6.07 Å². The largest absolute Gasteiger partial charge is 0.454 e. The molecule has 1 aromatic rings. The fraction of sp³-hybridized carbons (Fsp3) is 0.500.